The van der Waals surface area contributed by atoms with E-state index in [1.54, 1.807) is 4.90 Å². The topological polar surface area (TPSA) is 76.9 Å². The Morgan fingerprint density at radius 1 is 1.11 bits per heavy atom. The first-order valence-electron chi connectivity index (χ1n) is 9.82. The Balaban J connectivity index is 1.62. The van der Waals surface area contributed by atoms with E-state index in [0.29, 0.717) is 44.7 Å². The van der Waals surface area contributed by atoms with Crippen LogP contribution in [-0.4, -0.2) is 66.2 Å². The van der Waals surface area contributed by atoms with E-state index in [2.05, 4.69) is 11.0 Å². The van der Waals surface area contributed by atoms with Crippen molar-refractivity contribution in [1.82, 2.24) is 9.80 Å². The number of benzene rings is 1. The first-order chi connectivity index (χ1) is 13.3. The molecule has 1 aromatic carbocycles. The molecule has 28 heavy (non-hydrogen) atoms. The molecule has 150 valence electrons. The normalized spacial score (nSPS) is 20.1. The first-order valence-corrected chi connectivity index (χ1v) is 9.82. The van der Waals surface area contributed by atoms with Gasteiger partial charge in [-0.2, -0.15) is 5.26 Å². The maximum atomic E-state index is 13.1. The molecule has 2 fully saturated rings. The highest BCUT2D eigenvalue weighted by Crippen LogP contribution is 2.25. The zero-order valence-corrected chi connectivity index (χ0v) is 16.9. The average Bonchev–Trinajstić information content (AvgIpc) is 3.16. The van der Waals surface area contributed by atoms with Gasteiger partial charge in [0.2, 0.25) is 5.91 Å². The molecule has 0 radical (unpaired) electrons. The van der Waals surface area contributed by atoms with Crippen LogP contribution in [0.1, 0.15) is 39.2 Å². The second-order valence-corrected chi connectivity index (χ2v) is 8.27. The number of nitrogens with zero attached hydrogens (tertiary/aromatic N) is 4. The monoisotopic (exact) mass is 384 g/mol. The van der Waals surface area contributed by atoms with Gasteiger partial charge in [-0.15, -0.1) is 0 Å². The number of hydrogen-bond donors (Lipinski definition) is 0. The second-order valence-electron chi connectivity index (χ2n) is 8.27. The molecule has 2 heterocycles. The van der Waals surface area contributed by atoms with Crippen LogP contribution in [0.15, 0.2) is 24.3 Å². The van der Waals surface area contributed by atoms with E-state index in [1.807, 2.05) is 49.9 Å². The lowest BCUT2D eigenvalue weighted by molar-refractivity contribution is -0.136. The molecule has 7 nitrogen and oxygen atoms in total. The Kier molecular flexibility index (Phi) is 5.78. The van der Waals surface area contributed by atoms with E-state index in [-0.39, 0.29) is 5.91 Å². The van der Waals surface area contributed by atoms with Crippen molar-refractivity contribution in [3.05, 3.63) is 29.8 Å². The van der Waals surface area contributed by atoms with Crippen LogP contribution in [0.4, 0.5) is 10.5 Å². The van der Waals surface area contributed by atoms with Gasteiger partial charge < -0.3 is 14.5 Å². The van der Waals surface area contributed by atoms with E-state index < -0.39 is 17.7 Å². The van der Waals surface area contributed by atoms with E-state index in [1.165, 1.54) is 0 Å². The summed E-state index contributed by atoms with van der Waals surface area (Å²) in [6.45, 7) is 8.55. The lowest BCUT2D eigenvalue weighted by Gasteiger charge is -2.38. The molecule has 2 amide bonds. The molecule has 2 saturated heterocycles. The maximum absolute atomic E-state index is 13.1. The number of nitriles is 1. The average molecular weight is 384 g/mol. The van der Waals surface area contributed by atoms with Crippen molar-refractivity contribution in [2.75, 3.05) is 37.6 Å². The molecule has 0 aromatic heterocycles. The number of hydrogen-bond acceptors (Lipinski definition) is 5. The van der Waals surface area contributed by atoms with E-state index in [9.17, 15) is 14.9 Å². The molecule has 7 heteroatoms. The van der Waals surface area contributed by atoms with Gasteiger partial charge in [-0.05, 0) is 45.7 Å². The predicted octanol–water partition coefficient (Wildman–Crippen LogP) is 2.61. The third-order valence-corrected chi connectivity index (χ3v) is 5.12. The van der Waals surface area contributed by atoms with Crippen molar-refractivity contribution in [1.29, 1.82) is 5.26 Å². The Morgan fingerprint density at radius 3 is 2.43 bits per heavy atom. The number of amides is 2. The Morgan fingerprint density at radius 2 is 1.79 bits per heavy atom. The fourth-order valence-electron chi connectivity index (χ4n) is 3.78. The molecule has 0 N–H and O–H groups in total. The highest BCUT2D eigenvalue weighted by molar-refractivity contribution is 5.86. The SMILES string of the molecule is CC(C)(C)OC(=O)N1CCC[C@H]1C(=O)N1CCN(c2ccccc2C#N)CC1. The van der Waals surface area contributed by atoms with Crippen LogP contribution >= 0.6 is 0 Å². The van der Waals surface area contributed by atoms with Crippen molar-refractivity contribution >= 4 is 17.7 Å². The van der Waals surface area contributed by atoms with Crippen LogP contribution in [0.5, 0.6) is 0 Å². The molecule has 0 spiro atoms. The van der Waals surface area contributed by atoms with Crippen molar-refractivity contribution in [3.8, 4) is 6.07 Å². The van der Waals surface area contributed by atoms with Gasteiger partial charge in [0.1, 0.15) is 17.7 Å². The molecule has 0 unspecified atom stereocenters. The third kappa shape index (κ3) is 4.38. The molecule has 2 aliphatic heterocycles. The van der Waals surface area contributed by atoms with E-state index in [0.717, 1.165) is 12.1 Å². The molecular formula is C21H28N4O3. The van der Waals surface area contributed by atoms with Gasteiger partial charge in [0.15, 0.2) is 0 Å². The van der Waals surface area contributed by atoms with E-state index >= 15 is 0 Å². The van der Waals surface area contributed by atoms with Crippen molar-refractivity contribution in [2.24, 2.45) is 0 Å². The summed E-state index contributed by atoms with van der Waals surface area (Å²) < 4.78 is 5.47. The smallest absolute Gasteiger partial charge is 0.410 e. The summed E-state index contributed by atoms with van der Waals surface area (Å²) in [5, 5.41) is 9.30. The number of carbonyl (C=O) groups excluding carboxylic acids is 2. The lowest BCUT2D eigenvalue weighted by Crippen LogP contribution is -2.55. The molecule has 0 bridgehead atoms. The van der Waals surface area contributed by atoms with Crippen LogP contribution in [0, 0.1) is 11.3 Å². The number of para-hydroxylation sites is 1. The highest BCUT2D eigenvalue weighted by Gasteiger charge is 2.39. The minimum atomic E-state index is -0.576. The van der Waals surface area contributed by atoms with Gasteiger partial charge in [0.05, 0.1) is 11.3 Å². The maximum Gasteiger partial charge on any atom is 0.410 e. The summed E-state index contributed by atoms with van der Waals surface area (Å²) in [6.07, 6.45) is 1.07. The van der Waals surface area contributed by atoms with Gasteiger partial charge >= 0.3 is 6.09 Å². The summed E-state index contributed by atoms with van der Waals surface area (Å²) in [4.78, 5) is 31.1. The Hall–Kier alpha value is -2.75. The lowest BCUT2D eigenvalue weighted by atomic mass is 10.1. The minimum Gasteiger partial charge on any atom is -0.444 e. The zero-order chi connectivity index (χ0) is 20.3. The first kappa shape index (κ1) is 20.0. The zero-order valence-electron chi connectivity index (χ0n) is 16.9. The van der Waals surface area contributed by atoms with Crippen LogP contribution < -0.4 is 4.90 Å². The molecule has 3 rings (SSSR count). The molecular weight excluding hydrogens is 356 g/mol. The minimum absolute atomic E-state index is 0.00317. The number of piperazine rings is 1. The summed E-state index contributed by atoms with van der Waals surface area (Å²) in [5.41, 5.74) is 0.982. The summed E-state index contributed by atoms with van der Waals surface area (Å²) >= 11 is 0. The quantitative estimate of drug-likeness (QED) is 0.783. The van der Waals surface area contributed by atoms with Crippen LogP contribution in [-0.2, 0) is 9.53 Å². The highest BCUT2D eigenvalue weighted by atomic mass is 16.6. The molecule has 0 saturated carbocycles. The molecule has 1 atom stereocenters. The standard InChI is InChI=1S/C21H28N4O3/c1-21(2,3)28-20(27)25-10-6-9-18(25)19(26)24-13-11-23(12-14-24)17-8-5-4-7-16(17)15-22/h4-5,7-8,18H,6,9-14H2,1-3H3/t18-/m0/s1. The largest absolute Gasteiger partial charge is 0.444 e. The number of rotatable bonds is 2. The van der Waals surface area contributed by atoms with E-state index in [4.69, 9.17) is 4.74 Å². The van der Waals surface area contributed by atoms with Gasteiger partial charge in [0, 0.05) is 32.7 Å². The predicted molar refractivity (Wildman–Crippen MR) is 106 cm³/mol. The van der Waals surface area contributed by atoms with Gasteiger partial charge in [-0.25, -0.2) is 4.79 Å². The van der Waals surface area contributed by atoms with Crippen molar-refractivity contribution in [3.63, 3.8) is 0 Å². The van der Waals surface area contributed by atoms with Crippen LogP contribution in [0.25, 0.3) is 0 Å². The fourth-order valence-corrected chi connectivity index (χ4v) is 3.78. The molecule has 2 aliphatic rings. The fraction of sp³-hybridized carbons (Fsp3) is 0.571. The van der Waals surface area contributed by atoms with Crippen LogP contribution in [0.2, 0.25) is 0 Å². The van der Waals surface area contributed by atoms with Crippen molar-refractivity contribution < 1.29 is 14.3 Å². The van der Waals surface area contributed by atoms with Gasteiger partial charge in [0.25, 0.3) is 0 Å². The summed E-state index contributed by atoms with van der Waals surface area (Å²) in [5.74, 6) is -0.00317. The third-order valence-electron chi connectivity index (χ3n) is 5.12. The number of likely N-dealkylation sites (tertiary alicyclic amines) is 1. The van der Waals surface area contributed by atoms with Crippen molar-refractivity contribution in [2.45, 2.75) is 45.3 Å². The molecule has 0 aliphatic carbocycles. The van der Waals surface area contributed by atoms with Gasteiger partial charge in [-0.3, -0.25) is 9.69 Å². The number of carbonyl (C=O) groups is 2. The Labute approximate surface area is 166 Å². The van der Waals surface area contributed by atoms with Crippen LogP contribution in [0.3, 0.4) is 0 Å². The summed E-state index contributed by atoms with van der Waals surface area (Å²) in [6, 6.07) is 9.32. The van der Waals surface area contributed by atoms with Gasteiger partial charge in [-0.1, -0.05) is 12.1 Å². The number of ether oxygens (including phenoxy) is 1. The Bertz CT molecular complexity index is 773. The summed E-state index contributed by atoms with van der Waals surface area (Å²) in [7, 11) is 0. The second kappa shape index (κ2) is 8.09. The number of anilines is 1. The molecule has 1 aromatic rings.